The highest BCUT2D eigenvalue weighted by Crippen LogP contribution is 2.44. The van der Waals surface area contributed by atoms with Crippen LogP contribution in [0, 0.1) is 5.41 Å². The van der Waals surface area contributed by atoms with Gasteiger partial charge in [-0.2, -0.15) is 13.2 Å². The van der Waals surface area contributed by atoms with Crippen molar-refractivity contribution in [2.75, 3.05) is 46.0 Å². The van der Waals surface area contributed by atoms with Crippen LogP contribution in [-0.4, -0.2) is 91.1 Å². The number of likely N-dealkylation sites (tertiary alicyclic amines) is 1. The number of nitrogens with zero attached hydrogens (tertiary/aromatic N) is 2. The molecule has 10 heteroatoms. The summed E-state index contributed by atoms with van der Waals surface area (Å²) in [6.07, 6.45) is 3.69. The van der Waals surface area contributed by atoms with E-state index < -0.39 is 12.1 Å². The SMILES string of the molecule is O=C(N1CCOCC1)[C@@]12CCO[C@@H]1CCN(C1CCCCC1)C2.O=C(O)C(F)(F)F. The van der Waals surface area contributed by atoms with E-state index in [4.69, 9.17) is 19.4 Å². The van der Waals surface area contributed by atoms with Gasteiger partial charge in [0.05, 0.1) is 24.7 Å². The molecule has 7 nitrogen and oxygen atoms in total. The Hall–Kier alpha value is -1.39. The number of carboxylic acid groups (broad SMARTS) is 1. The van der Waals surface area contributed by atoms with Gasteiger partial charge in [0.1, 0.15) is 0 Å². The predicted octanol–water partition coefficient (Wildman–Crippen LogP) is 2.29. The number of carbonyl (C=O) groups is 2. The topological polar surface area (TPSA) is 79.3 Å². The van der Waals surface area contributed by atoms with Crippen molar-refractivity contribution in [2.45, 2.75) is 63.3 Å². The Kier molecular flexibility index (Phi) is 7.62. The number of fused-ring (bicyclic) bond motifs is 1. The van der Waals surface area contributed by atoms with Crippen molar-refractivity contribution in [3.8, 4) is 0 Å². The summed E-state index contributed by atoms with van der Waals surface area (Å²) in [4.78, 5) is 26.9. The summed E-state index contributed by atoms with van der Waals surface area (Å²) >= 11 is 0. The molecular formula is C20H31F3N2O5. The minimum absolute atomic E-state index is 0.137. The summed E-state index contributed by atoms with van der Waals surface area (Å²) in [5, 5.41) is 7.12. The molecule has 0 aromatic heterocycles. The van der Waals surface area contributed by atoms with Gasteiger partial charge < -0.3 is 19.5 Å². The summed E-state index contributed by atoms with van der Waals surface area (Å²) < 4.78 is 43.2. The lowest BCUT2D eigenvalue weighted by Gasteiger charge is -2.48. The number of morpholine rings is 1. The molecule has 4 rings (SSSR count). The summed E-state index contributed by atoms with van der Waals surface area (Å²) in [6, 6.07) is 0.694. The monoisotopic (exact) mass is 436 g/mol. The number of halogens is 3. The standard InChI is InChI=1S/C18H30N2O3.C2HF3O2/c21-17(19-9-12-22-13-10-19)18-7-11-23-16(18)6-8-20(14-18)15-4-2-1-3-5-15;3-2(4,5)1(6)7/h15-16H,1-14H2;(H,6,7)/t16-,18-;/m1./s1. The van der Waals surface area contributed by atoms with Crippen molar-refractivity contribution in [3.05, 3.63) is 0 Å². The molecule has 3 heterocycles. The van der Waals surface area contributed by atoms with Crippen LogP contribution in [-0.2, 0) is 19.1 Å². The molecule has 4 aliphatic rings. The summed E-state index contributed by atoms with van der Waals surface area (Å²) in [5.41, 5.74) is -0.285. The van der Waals surface area contributed by atoms with E-state index in [9.17, 15) is 18.0 Å². The first-order valence-electron chi connectivity index (χ1n) is 10.8. The third kappa shape index (κ3) is 5.26. The average molecular weight is 436 g/mol. The second-order valence-electron chi connectivity index (χ2n) is 8.52. The Balaban J connectivity index is 0.000000318. The molecule has 172 valence electrons. The van der Waals surface area contributed by atoms with Crippen molar-refractivity contribution in [1.82, 2.24) is 9.80 Å². The second kappa shape index (κ2) is 9.82. The Morgan fingerprint density at radius 3 is 2.20 bits per heavy atom. The van der Waals surface area contributed by atoms with E-state index in [1.54, 1.807) is 0 Å². The van der Waals surface area contributed by atoms with Gasteiger partial charge in [-0.05, 0) is 25.7 Å². The fourth-order valence-corrected chi connectivity index (χ4v) is 5.12. The summed E-state index contributed by atoms with van der Waals surface area (Å²) in [7, 11) is 0. The number of carboxylic acids is 1. The molecule has 1 amide bonds. The van der Waals surface area contributed by atoms with E-state index in [0.717, 1.165) is 45.6 Å². The Morgan fingerprint density at radius 2 is 1.60 bits per heavy atom. The maximum atomic E-state index is 13.3. The van der Waals surface area contributed by atoms with Crippen LogP contribution in [0.1, 0.15) is 44.9 Å². The number of piperidine rings is 1. The van der Waals surface area contributed by atoms with Crippen molar-refractivity contribution in [1.29, 1.82) is 0 Å². The summed E-state index contributed by atoms with van der Waals surface area (Å²) in [6.45, 7) is 5.62. The van der Waals surface area contributed by atoms with Crippen molar-refractivity contribution < 1.29 is 37.3 Å². The van der Waals surface area contributed by atoms with Gasteiger partial charge in [-0.25, -0.2) is 4.79 Å². The van der Waals surface area contributed by atoms with Crippen molar-refractivity contribution >= 4 is 11.9 Å². The number of amides is 1. The Labute approximate surface area is 174 Å². The first kappa shape index (κ1) is 23.3. The molecule has 0 bridgehead atoms. The van der Waals surface area contributed by atoms with Gasteiger partial charge in [-0.1, -0.05) is 19.3 Å². The minimum Gasteiger partial charge on any atom is -0.475 e. The van der Waals surface area contributed by atoms with Crippen LogP contribution in [0.4, 0.5) is 13.2 Å². The van der Waals surface area contributed by atoms with Crippen molar-refractivity contribution in [2.24, 2.45) is 5.41 Å². The van der Waals surface area contributed by atoms with Gasteiger partial charge in [0, 0.05) is 38.8 Å². The lowest BCUT2D eigenvalue weighted by atomic mass is 9.74. The molecule has 0 aromatic rings. The zero-order chi connectivity index (χ0) is 21.8. The fraction of sp³-hybridized carbons (Fsp3) is 0.900. The average Bonchev–Trinajstić information content (AvgIpc) is 3.18. The number of hydrogen-bond acceptors (Lipinski definition) is 5. The maximum absolute atomic E-state index is 13.3. The summed E-state index contributed by atoms with van der Waals surface area (Å²) in [5.74, 6) is -2.42. The van der Waals surface area contributed by atoms with Gasteiger partial charge in [0.25, 0.3) is 0 Å². The zero-order valence-corrected chi connectivity index (χ0v) is 17.2. The largest absolute Gasteiger partial charge is 0.490 e. The lowest BCUT2D eigenvalue weighted by molar-refractivity contribution is -0.192. The molecule has 2 atom stereocenters. The van der Waals surface area contributed by atoms with Gasteiger partial charge >= 0.3 is 12.1 Å². The van der Waals surface area contributed by atoms with Crippen LogP contribution in [0.5, 0.6) is 0 Å². The van der Waals surface area contributed by atoms with Crippen LogP contribution in [0.3, 0.4) is 0 Å². The van der Waals surface area contributed by atoms with E-state index in [0.29, 0.717) is 25.2 Å². The molecule has 3 aliphatic heterocycles. The number of hydrogen-bond donors (Lipinski definition) is 1. The molecule has 0 radical (unpaired) electrons. The Bertz CT molecular complexity index is 606. The minimum atomic E-state index is -5.08. The quantitative estimate of drug-likeness (QED) is 0.716. The molecule has 1 aliphatic carbocycles. The molecule has 1 N–H and O–H groups in total. The first-order valence-corrected chi connectivity index (χ1v) is 10.8. The molecule has 4 fully saturated rings. The molecule has 3 saturated heterocycles. The van der Waals surface area contributed by atoms with Gasteiger partial charge in [0.15, 0.2) is 0 Å². The first-order chi connectivity index (χ1) is 14.2. The second-order valence-corrected chi connectivity index (χ2v) is 8.52. The van der Waals surface area contributed by atoms with Crippen LogP contribution in [0.2, 0.25) is 0 Å². The lowest BCUT2D eigenvalue weighted by Crippen LogP contribution is -2.60. The van der Waals surface area contributed by atoms with E-state index in [-0.39, 0.29) is 11.5 Å². The highest BCUT2D eigenvalue weighted by atomic mass is 19.4. The molecule has 0 spiro atoms. The van der Waals surface area contributed by atoms with Crippen LogP contribution in [0.25, 0.3) is 0 Å². The molecular weight excluding hydrogens is 405 g/mol. The number of alkyl halides is 3. The van der Waals surface area contributed by atoms with Gasteiger partial charge in [-0.15, -0.1) is 0 Å². The zero-order valence-electron chi connectivity index (χ0n) is 17.2. The third-order valence-electron chi connectivity index (χ3n) is 6.71. The van der Waals surface area contributed by atoms with Crippen LogP contribution < -0.4 is 0 Å². The Morgan fingerprint density at radius 1 is 0.967 bits per heavy atom. The van der Waals surface area contributed by atoms with E-state index >= 15 is 0 Å². The van der Waals surface area contributed by atoms with Crippen LogP contribution in [0.15, 0.2) is 0 Å². The molecule has 0 unspecified atom stereocenters. The smallest absolute Gasteiger partial charge is 0.475 e. The van der Waals surface area contributed by atoms with Gasteiger partial charge in [-0.3, -0.25) is 9.69 Å². The molecule has 1 saturated carbocycles. The molecule has 30 heavy (non-hydrogen) atoms. The number of ether oxygens (including phenoxy) is 2. The van der Waals surface area contributed by atoms with Gasteiger partial charge in [0.2, 0.25) is 5.91 Å². The fourth-order valence-electron chi connectivity index (χ4n) is 5.12. The number of carbonyl (C=O) groups excluding carboxylic acids is 1. The molecule has 0 aromatic carbocycles. The normalized spacial score (nSPS) is 30.9. The van der Waals surface area contributed by atoms with E-state index in [1.807, 2.05) is 4.90 Å². The highest BCUT2D eigenvalue weighted by Gasteiger charge is 2.55. The maximum Gasteiger partial charge on any atom is 0.490 e. The number of rotatable bonds is 2. The third-order valence-corrected chi connectivity index (χ3v) is 6.71. The highest BCUT2D eigenvalue weighted by molar-refractivity contribution is 5.84. The van der Waals surface area contributed by atoms with E-state index in [1.165, 1.54) is 32.1 Å². The van der Waals surface area contributed by atoms with Crippen molar-refractivity contribution in [3.63, 3.8) is 0 Å². The predicted molar refractivity (Wildman–Crippen MR) is 101 cm³/mol. The van der Waals surface area contributed by atoms with Crippen LogP contribution >= 0.6 is 0 Å². The van der Waals surface area contributed by atoms with E-state index in [2.05, 4.69) is 4.90 Å². The number of aliphatic carboxylic acids is 1.